The van der Waals surface area contributed by atoms with E-state index in [1.165, 1.54) is 21.6 Å². The molecule has 1 aromatic carbocycles. The molecule has 0 saturated carbocycles. The summed E-state index contributed by atoms with van der Waals surface area (Å²) in [5.74, 6) is -0.178. The number of carbonyl (C=O) groups is 2. The summed E-state index contributed by atoms with van der Waals surface area (Å²) in [4.78, 5) is 30.6. The van der Waals surface area contributed by atoms with Crippen LogP contribution in [0.4, 0.5) is 0 Å². The van der Waals surface area contributed by atoms with E-state index in [9.17, 15) is 9.59 Å². The summed E-state index contributed by atoms with van der Waals surface area (Å²) >= 11 is 1.63. The summed E-state index contributed by atoms with van der Waals surface area (Å²) in [5, 5.41) is 0. The molecule has 5 rings (SSSR count). The van der Waals surface area contributed by atoms with Crippen molar-refractivity contribution in [2.75, 3.05) is 26.2 Å². The van der Waals surface area contributed by atoms with Gasteiger partial charge < -0.3 is 15.4 Å². The molecule has 6 nitrogen and oxygen atoms in total. The molecule has 2 aromatic rings. The van der Waals surface area contributed by atoms with Crippen molar-refractivity contribution >= 4 is 23.2 Å². The second-order valence-corrected chi connectivity index (χ2v) is 9.35. The summed E-state index contributed by atoms with van der Waals surface area (Å²) in [6.45, 7) is 3.91. The smallest absolute Gasteiger partial charge is 0.264 e. The molecule has 3 aliphatic heterocycles. The van der Waals surface area contributed by atoms with Gasteiger partial charge in [-0.1, -0.05) is 24.3 Å². The minimum atomic E-state index is -0.329. The number of piperidine rings is 1. The average Bonchev–Trinajstić information content (AvgIpc) is 3.34. The number of carbonyl (C=O) groups excluding carboxylic acids is 2. The number of primary amides is 1. The second kappa shape index (κ2) is 7.23. The largest absolute Gasteiger partial charge is 0.370 e. The third kappa shape index (κ3) is 3.37. The molecule has 1 aromatic heterocycles. The molecule has 0 atom stereocenters. The molecule has 0 unspecified atom stereocenters. The van der Waals surface area contributed by atoms with Crippen LogP contribution in [0.5, 0.6) is 0 Å². The van der Waals surface area contributed by atoms with Crippen LogP contribution in [0.25, 0.3) is 0 Å². The number of ether oxygens (including phenoxy) is 1. The highest BCUT2D eigenvalue weighted by atomic mass is 32.1. The van der Waals surface area contributed by atoms with Crippen molar-refractivity contribution in [3.8, 4) is 0 Å². The van der Waals surface area contributed by atoms with Crippen LogP contribution in [-0.4, -0.2) is 47.9 Å². The number of hydrogen-bond donors (Lipinski definition) is 1. The van der Waals surface area contributed by atoms with Crippen molar-refractivity contribution < 1.29 is 14.3 Å². The van der Waals surface area contributed by atoms with Gasteiger partial charge in [-0.05, 0) is 35.6 Å². The van der Waals surface area contributed by atoms with Crippen LogP contribution in [0.1, 0.15) is 44.1 Å². The zero-order valence-corrected chi connectivity index (χ0v) is 17.2. The summed E-state index contributed by atoms with van der Waals surface area (Å²) in [5.41, 5.74) is 8.68. The van der Waals surface area contributed by atoms with Gasteiger partial charge in [0.1, 0.15) is 0 Å². The van der Waals surface area contributed by atoms with Crippen molar-refractivity contribution in [2.45, 2.75) is 38.0 Å². The standard InChI is InChI=1S/C22H25N3O3S/c23-20(26)14-24-8-6-22(7-9-24)17-11-19(29-18(17)5-10-28-22)21(27)25-12-15-3-1-2-4-16(15)13-25/h1-4,11H,5-10,12-14H2,(H2,23,26). The first-order valence-electron chi connectivity index (χ1n) is 10.2. The van der Waals surface area contributed by atoms with Crippen molar-refractivity contribution in [1.29, 1.82) is 0 Å². The molecule has 29 heavy (non-hydrogen) atoms. The fraction of sp³-hybridized carbons (Fsp3) is 0.455. The van der Waals surface area contributed by atoms with Crippen molar-refractivity contribution in [2.24, 2.45) is 5.73 Å². The Hall–Kier alpha value is -2.22. The van der Waals surface area contributed by atoms with Gasteiger partial charge in [0.2, 0.25) is 5.91 Å². The monoisotopic (exact) mass is 411 g/mol. The highest BCUT2D eigenvalue weighted by Gasteiger charge is 2.42. The molecule has 0 bridgehead atoms. The van der Waals surface area contributed by atoms with E-state index in [0.717, 1.165) is 37.2 Å². The summed E-state index contributed by atoms with van der Waals surface area (Å²) in [6, 6.07) is 10.3. The Morgan fingerprint density at radius 1 is 1.14 bits per heavy atom. The molecule has 7 heteroatoms. The molecule has 4 heterocycles. The molecule has 1 saturated heterocycles. The molecule has 152 valence electrons. The van der Waals surface area contributed by atoms with Crippen LogP contribution in [0.3, 0.4) is 0 Å². The van der Waals surface area contributed by atoms with E-state index in [4.69, 9.17) is 10.5 Å². The third-order valence-corrected chi connectivity index (χ3v) is 7.57. The predicted molar refractivity (Wildman–Crippen MR) is 111 cm³/mol. The van der Waals surface area contributed by atoms with E-state index in [0.29, 0.717) is 26.2 Å². The molecule has 2 N–H and O–H groups in total. The molecule has 1 fully saturated rings. The average molecular weight is 412 g/mol. The fourth-order valence-corrected chi connectivity index (χ4v) is 6.06. The number of amides is 2. The van der Waals surface area contributed by atoms with Gasteiger partial charge in [0.05, 0.1) is 23.6 Å². The lowest BCUT2D eigenvalue weighted by molar-refractivity contribution is -0.123. The van der Waals surface area contributed by atoms with Gasteiger partial charge in [-0.25, -0.2) is 0 Å². The van der Waals surface area contributed by atoms with Crippen molar-refractivity contribution in [1.82, 2.24) is 9.80 Å². The lowest BCUT2D eigenvalue weighted by Crippen LogP contribution is -2.48. The Bertz CT molecular complexity index is 937. The Kier molecular flexibility index (Phi) is 4.69. The maximum atomic E-state index is 13.2. The topological polar surface area (TPSA) is 75.9 Å². The normalized spacial score (nSPS) is 20.5. The van der Waals surface area contributed by atoms with E-state index in [2.05, 4.69) is 23.1 Å². The maximum Gasteiger partial charge on any atom is 0.264 e. The van der Waals surface area contributed by atoms with Crippen LogP contribution < -0.4 is 5.73 Å². The highest BCUT2D eigenvalue weighted by molar-refractivity contribution is 7.14. The molecular weight excluding hydrogens is 386 g/mol. The van der Waals surface area contributed by atoms with Gasteiger partial charge >= 0.3 is 0 Å². The second-order valence-electron chi connectivity index (χ2n) is 8.21. The molecule has 1 spiro atoms. The van der Waals surface area contributed by atoms with Gasteiger partial charge in [-0.3, -0.25) is 14.5 Å². The SMILES string of the molecule is NC(=O)CN1CCC2(CC1)OCCc1sc(C(=O)N3Cc4ccccc4C3)cc12. The lowest BCUT2D eigenvalue weighted by Gasteiger charge is -2.43. The van der Waals surface area contributed by atoms with E-state index in [1.807, 2.05) is 17.0 Å². The Labute approximate surface area is 174 Å². The van der Waals surface area contributed by atoms with Crippen molar-refractivity contribution in [3.63, 3.8) is 0 Å². The highest BCUT2D eigenvalue weighted by Crippen LogP contribution is 2.45. The first-order chi connectivity index (χ1) is 14.0. The Morgan fingerprint density at radius 2 is 1.83 bits per heavy atom. The van der Waals surface area contributed by atoms with E-state index >= 15 is 0 Å². The minimum absolute atomic E-state index is 0.113. The fourth-order valence-electron chi connectivity index (χ4n) is 4.86. The zero-order valence-electron chi connectivity index (χ0n) is 16.4. The number of benzene rings is 1. The van der Waals surface area contributed by atoms with Gasteiger partial charge in [0, 0.05) is 37.5 Å². The number of fused-ring (bicyclic) bond motifs is 3. The van der Waals surface area contributed by atoms with E-state index in [1.54, 1.807) is 11.3 Å². The first-order valence-corrected chi connectivity index (χ1v) is 11.0. The number of likely N-dealkylation sites (tertiary alicyclic amines) is 1. The van der Waals surface area contributed by atoms with Crippen LogP contribution in [0, 0.1) is 0 Å². The Balaban J connectivity index is 1.35. The van der Waals surface area contributed by atoms with E-state index < -0.39 is 0 Å². The van der Waals surface area contributed by atoms with Gasteiger partial charge in [-0.2, -0.15) is 0 Å². The molecule has 2 amide bonds. The third-order valence-electron chi connectivity index (χ3n) is 6.39. The maximum absolute atomic E-state index is 13.2. The van der Waals surface area contributed by atoms with Crippen LogP contribution in [0.15, 0.2) is 30.3 Å². The summed E-state index contributed by atoms with van der Waals surface area (Å²) in [7, 11) is 0. The summed E-state index contributed by atoms with van der Waals surface area (Å²) < 4.78 is 6.29. The van der Waals surface area contributed by atoms with E-state index in [-0.39, 0.29) is 17.4 Å². The predicted octanol–water partition coefficient (Wildman–Crippen LogP) is 2.25. The number of nitrogens with two attached hydrogens (primary N) is 1. The van der Waals surface area contributed by atoms with Gasteiger partial charge in [0.25, 0.3) is 5.91 Å². The quantitative estimate of drug-likeness (QED) is 0.841. The van der Waals surface area contributed by atoms with Gasteiger partial charge in [-0.15, -0.1) is 11.3 Å². The minimum Gasteiger partial charge on any atom is -0.370 e. The summed E-state index contributed by atoms with van der Waals surface area (Å²) in [6.07, 6.45) is 2.51. The lowest BCUT2D eigenvalue weighted by atomic mass is 9.82. The van der Waals surface area contributed by atoms with Crippen LogP contribution in [0.2, 0.25) is 0 Å². The van der Waals surface area contributed by atoms with Crippen molar-refractivity contribution in [3.05, 3.63) is 56.8 Å². The number of nitrogens with zero attached hydrogens (tertiary/aromatic N) is 2. The number of hydrogen-bond acceptors (Lipinski definition) is 5. The number of thiophene rings is 1. The zero-order chi connectivity index (χ0) is 20.0. The number of rotatable bonds is 3. The Morgan fingerprint density at radius 3 is 2.48 bits per heavy atom. The van der Waals surface area contributed by atoms with Crippen LogP contribution in [-0.2, 0) is 34.6 Å². The molecule has 0 aliphatic carbocycles. The molecule has 3 aliphatic rings. The van der Waals surface area contributed by atoms with Gasteiger partial charge in [0.15, 0.2) is 0 Å². The molecule has 0 radical (unpaired) electrons. The molecular formula is C22H25N3O3S. The van der Waals surface area contributed by atoms with Crippen LogP contribution >= 0.6 is 11.3 Å². The first kappa shape index (κ1) is 18.8.